The second-order valence-electron chi connectivity index (χ2n) is 6.90. The third-order valence-corrected chi connectivity index (χ3v) is 5.04. The Morgan fingerprint density at radius 2 is 2.04 bits per heavy atom. The number of nitrogens with one attached hydrogen (secondary N) is 2. The first kappa shape index (κ1) is 18.3. The van der Waals surface area contributed by atoms with Gasteiger partial charge in [0.15, 0.2) is 5.82 Å². The topological polar surface area (TPSA) is 89.7 Å². The molecule has 1 saturated heterocycles. The predicted octanol–water partition coefficient (Wildman–Crippen LogP) is 2.17. The number of piperidine rings is 1. The Kier molecular flexibility index (Phi) is 4.91. The lowest BCUT2D eigenvalue weighted by Crippen LogP contribution is -2.27. The summed E-state index contributed by atoms with van der Waals surface area (Å²) < 4.78 is 17.1. The van der Waals surface area contributed by atoms with E-state index in [1.165, 1.54) is 16.9 Å². The third kappa shape index (κ3) is 3.40. The Hall–Kier alpha value is -3.07. The number of benzene rings is 1. The molecule has 0 radical (unpaired) electrons. The van der Waals surface area contributed by atoms with E-state index >= 15 is 0 Å². The minimum atomic E-state index is -0.402. The van der Waals surface area contributed by atoms with E-state index in [4.69, 9.17) is 0 Å². The zero-order valence-electron chi connectivity index (χ0n) is 15.8. The number of nitrogens with zero attached hydrogens (tertiary/aromatic N) is 5. The van der Waals surface area contributed by atoms with Gasteiger partial charge in [0.1, 0.15) is 11.5 Å². The lowest BCUT2D eigenvalue weighted by Gasteiger charge is -2.19. The van der Waals surface area contributed by atoms with Crippen molar-refractivity contribution in [1.82, 2.24) is 29.9 Å². The smallest absolute Gasteiger partial charge is 0.261 e. The number of rotatable bonds is 4. The highest BCUT2D eigenvalue weighted by molar-refractivity contribution is 6.04. The molecule has 1 aromatic carbocycles. The molecule has 146 valence electrons. The molecule has 0 bridgehead atoms. The molecule has 1 aliphatic rings. The molecule has 2 N–H and O–H groups in total. The molecule has 9 heteroatoms. The van der Waals surface area contributed by atoms with Crippen molar-refractivity contribution in [3.63, 3.8) is 0 Å². The Balaban J connectivity index is 1.55. The van der Waals surface area contributed by atoms with Gasteiger partial charge in [-0.1, -0.05) is 12.1 Å². The van der Waals surface area contributed by atoms with Crippen LogP contribution in [0, 0.1) is 12.7 Å². The van der Waals surface area contributed by atoms with Crippen molar-refractivity contribution in [1.29, 1.82) is 0 Å². The summed E-state index contributed by atoms with van der Waals surface area (Å²) in [6.45, 7) is 3.61. The van der Waals surface area contributed by atoms with Crippen LogP contribution in [-0.4, -0.2) is 43.5 Å². The summed E-state index contributed by atoms with van der Waals surface area (Å²) in [6.07, 6.45) is 3.39. The number of carbonyl (C=O) groups is 1. The number of amides is 1. The van der Waals surface area contributed by atoms with Crippen LogP contribution in [0.1, 0.15) is 40.6 Å². The van der Waals surface area contributed by atoms with Gasteiger partial charge in [0.05, 0.1) is 17.5 Å². The van der Waals surface area contributed by atoms with Gasteiger partial charge in [-0.05, 0) is 45.0 Å². The van der Waals surface area contributed by atoms with Gasteiger partial charge in [0.25, 0.3) is 5.91 Å². The molecule has 8 nitrogen and oxygen atoms in total. The number of carbonyl (C=O) groups excluding carboxylic acids is 1. The monoisotopic (exact) mass is 383 g/mol. The van der Waals surface area contributed by atoms with Crippen molar-refractivity contribution in [2.45, 2.75) is 25.7 Å². The molecule has 3 aromatic rings. The van der Waals surface area contributed by atoms with E-state index < -0.39 is 5.82 Å². The van der Waals surface area contributed by atoms with Gasteiger partial charge in [0.2, 0.25) is 5.95 Å². The molecule has 1 amide bonds. The first-order valence-corrected chi connectivity index (χ1v) is 9.27. The summed E-state index contributed by atoms with van der Waals surface area (Å²) in [5.74, 6) is 0.673. The highest BCUT2D eigenvalue weighted by Gasteiger charge is 2.23. The number of hydrogen-bond donors (Lipinski definition) is 2. The molecule has 0 atom stereocenters. The maximum Gasteiger partial charge on any atom is 0.261 e. The quantitative estimate of drug-likeness (QED) is 0.721. The molecule has 1 aliphatic heterocycles. The van der Waals surface area contributed by atoms with E-state index in [0.29, 0.717) is 28.8 Å². The van der Waals surface area contributed by atoms with Crippen LogP contribution < -0.4 is 10.6 Å². The molecule has 0 saturated carbocycles. The highest BCUT2D eigenvalue weighted by Crippen LogP contribution is 2.24. The van der Waals surface area contributed by atoms with Crippen molar-refractivity contribution >= 4 is 11.9 Å². The molecule has 4 rings (SSSR count). The van der Waals surface area contributed by atoms with E-state index in [-0.39, 0.29) is 5.91 Å². The summed E-state index contributed by atoms with van der Waals surface area (Å²) in [7, 11) is 1.75. The van der Waals surface area contributed by atoms with E-state index in [9.17, 15) is 9.18 Å². The second-order valence-corrected chi connectivity index (χ2v) is 6.90. The third-order valence-electron chi connectivity index (χ3n) is 5.04. The van der Waals surface area contributed by atoms with Crippen molar-refractivity contribution in [3.05, 3.63) is 53.4 Å². The van der Waals surface area contributed by atoms with Gasteiger partial charge in [-0.3, -0.25) is 10.1 Å². The van der Waals surface area contributed by atoms with Crippen LogP contribution in [0.2, 0.25) is 0 Å². The number of halogens is 1. The van der Waals surface area contributed by atoms with Gasteiger partial charge in [-0.15, -0.1) is 0 Å². The van der Waals surface area contributed by atoms with Crippen molar-refractivity contribution in [2.75, 3.05) is 18.4 Å². The fourth-order valence-corrected chi connectivity index (χ4v) is 3.43. The SMILES string of the molecule is Cc1c(C(=O)Nc2nc(C3CCNCC3)nn2C)cnn1-c1ccccc1F. The van der Waals surface area contributed by atoms with Crippen LogP contribution in [0.5, 0.6) is 0 Å². The van der Waals surface area contributed by atoms with Gasteiger partial charge < -0.3 is 5.32 Å². The summed E-state index contributed by atoms with van der Waals surface area (Å²) in [4.78, 5) is 17.3. The highest BCUT2D eigenvalue weighted by atomic mass is 19.1. The predicted molar refractivity (Wildman–Crippen MR) is 102 cm³/mol. The summed E-state index contributed by atoms with van der Waals surface area (Å²) >= 11 is 0. The molecule has 2 aromatic heterocycles. The molecule has 0 spiro atoms. The van der Waals surface area contributed by atoms with Gasteiger partial charge in [-0.2, -0.15) is 15.2 Å². The molecular weight excluding hydrogens is 361 g/mol. The molecule has 28 heavy (non-hydrogen) atoms. The van der Waals surface area contributed by atoms with E-state index in [0.717, 1.165) is 31.8 Å². The Bertz CT molecular complexity index is 1000. The van der Waals surface area contributed by atoms with Gasteiger partial charge in [0, 0.05) is 13.0 Å². The average molecular weight is 383 g/mol. The molecule has 3 heterocycles. The van der Waals surface area contributed by atoms with Crippen LogP contribution in [-0.2, 0) is 7.05 Å². The maximum absolute atomic E-state index is 14.1. The Labute approximate surface area is 161 Å². The van der Waals surface area contributed by atoms with E-state index in [1.54, 1.807) is 36.9 Å². The fraction of sp³-hybridized carbons (Fsp3) is 0.368. The van der Waals surface area contributed by atoms with Crippen molar-refractivity contribution in [2.24, 2.45) is 7.05 Å². The molecule has 0 unspecified atom stereocenters. The maximum atomic E-state index is 14.1. The number of anilines is 1. The van der Waals surface area contributed by atoms with Gasteiger partial charge >= 0.3 is 0 Å². The van der Waals surface area contributed by atoms with Crippen LogP contribution in [0.4, 0.5) is 10.3 Å². The zero-order chi connectivity index (χ0) is 19.7. The van der Waals surface area contributed by atoms with Crippen molar-refractivity contribution in [3.8, 4) is 5.69 Å². The molecule has 1 fully saturated rings. The van der Waals surface area contributed by atoms with Gasteiger partial charge in [-0.25, -0.2) is 13.8 Å². The number of aromatic nitrogens is 5. The minimum Gasteiger partial charge on any atom is -0.317 e. The minimum absolute atomic E-state index is 0.295. The number of para-hydroxylation sites is 1. The lowest BCUT2D eigenvalue weighted by atomic mass is 9.98. The Morgan fingerprint density at radius 1 is 1.29 bits per heavy atom. The summed E-state index contributed by atoms with van der Waals surface area (Å²) in [6, 6.07) is 6.31. The first-order valence-electron chi connectivity index (χ1n) is 9.27. The lowest BCUT2D eigenvalue weighted by molar-refractivity contribution is 0.102. The van der Waals surface area contributed by atoms with Crippen LogP contribution in [0.25, 0.3) is 5.69 Å². The fourth-order valence-electron chi connectivity index (χ4n) is 3.43. The van der Waals surface area contributed by atoms with E-state index in [1.807, 2.05) is 0 Å². The van der Waals surface area contributed by atoms with Crippen LogP contribution in [0.15, 0.2) is 30.5 Å². The van der Waals surface area contributed by atoms with Crippen LogP contribution >= 0.6 is 0 Å². The number of hydrogen-bond acceptors (Lipinski definition) is 5. The van der Waals surface area contributed by atoms with Crippen molar-refractivity contribution < 1.29 is 9.18 Å². The standard InChI is InChI=1S/C19H22FN7O/c1-12-14(11-22-27(12)16-6-4-3-5-15(16)20)18(28)24-19-23-17(25-26(19)2)13-7-9-21-10-8-13/h3-6,11,13,21H,7-10H2,1-2H3,(H,23,24,25,28). The van der Waals surface area contributed by atoms with Crippen LogP contribution in [0.3, 0.4) is 0 Å². The Morgan fingerprint density at radius 3 is 2.79 bits per heavy atom. The largest absolute Gasteiger partial charge is 0.317 e. The summed E-state index contributed by atoms with van der Waals surface area (Å²) in [5, 5.41) is 14.7. The average Bonchev–Trinajstić information content (AvgIpc) is 3.26. The molecule has 0 aliphatic carbocycles. The first-order chi connectivity index (χ1) is 13.5. The normalized spacial score (nSPS) is 15.0. The molecular formula is C19H22FN7O. The zero-order valence-corrected chi connectivity index (χ0v) is 15.8. The summed E-state index contributed by atoms with van der Waals surface area (Å²) in [5.41, 5.74) is 1.20. The number of aryl methyl sites for hydroxylation is 1. The van der Waals surface area contributed by atoms with E-state index in [2.05, 4.69) is 25.8 Å². The second kappa shape index (κ2) is 7.51.